The molecular weight excluding hydrogens is 224 g/mol. The fourth-order valence-electron chi connectivity index (χ4n) is 1.20. The first-order valence-electron chi connectivity index (χ1n) is 4.66. The van der Waals surface area contributed by atoms with Gasteiger partial charge in [-0.05, 0) is 12.1 Å². The van der Waals surface area contributed by atoms with E-state index >= 15 is 0 Å². The second-order valence-electron chi connectivity index (χ2n) is 3.09. The molecule has 1 aromatic heterocycles. The lowest BCUT2D eigenvalue weighted by Crippen LogP contribution is -1.98. The van der Waals surface area contributed by atoms with E-state index in [2.05, 4.69) is 9.97 Å². The molecule has 1 heterocycles. The molecule has 1 aromatic carbocycles. The summed E-state index contributed by atoms with van der Waals surface area (Å²) in [6.07, 6.45) is 1.41. The number of benzene rings is 1. The van der Waals surface area contributed by atoms with Crippen molar-refractivity contribution < 1.29 is 9.66 Å². The molecule has 0 amide bonds. The fourth-order valence-corrected chi connectivity index (χ4v) is 1.20. The highest BCUT2D eigenvalue weighted by atomic mass is 16.6. The number of rotatable bonds is 3. The fraction of sp³-hybridized carbons (Fsp3) is 0. The molecule has 2 rings (SSSR count). The number of nitrogens with two attached hydrogens (primary N) is 1. The number of aromatic nitrogens is 2. The van der Waals surface area contributed by atoms with Gasteiger partial charge in [0.2, 0.25) is 5.75 Å². The molecule has 0 atom stereocenters. The molecule has 0 saturated heterocycles. The second kappa shape index (κ2) is 4.44. The Labute approximate surface area is 96.0 Å². The maximum absolute atomic E-state index is 10.7. The molecule has 17 heavy (non-hydrogen) atoms. The molecule has 2 N–H and O–H groups in total. The van der Waals surface area contributed by atoms with Crippen LogP contribution in [0.1, 0.15) is 0 Å². The minimum Gasteiger partial charge on any atom is -0.417 e. The van der Waals surface area contributed by atoms with Crippen molar-refractivity contribution in [2.75, 3.05) is 5.73 Å². The first kappa shape index (κ1) is 10.8. The van der Waals surface area contributed by atoms with Gasteiger partial charge in [-0.3, -0.25) is 10.1 Å². The Morgan fingerprint density at radius 3 is 2.76 bits per heavy atom. The van der Waals surface area contributed by atoms with Crippen molar-refractivity contribution in [3.8, 4) is 11.8 Å². The van der Waals surface area contributed by atoms with Crippen molar-refractivity contribution in [3.05, 3.63) is 46.6 Å². The van der Waals surface area contributed by atoms with Crippen LogP contribution in [0.3, 0.4) is 0 Å². The summed E-state index contributed by atoms with van der Waals surface area (Å²) in [7, 11) is 0. The molecule has 0 unspecified atom stereocenters. The van der Waals surface area contributed by atoms with Gasteiger partial charge in [-0.1, -0.05) is 12.1 Å². The Balaban J connectivity index is 2.33. The number of anilines is 1. The van der Waals surface area contributed by atoms with Crippen LogP contribution in [0.15, 0.2) is 36.5 Å². The zero-order chi connectivity index (χ0) is 12.3. The molecule has 86 valence electrons. The lowest BCUT2D eigenvalue weighted by atomic mass is 10.3. The van der Waals surface area contributed by atoms with Gasteiger partial charge in [0.05, 0.1) is 4.92 Å². The van der Waals surface area contributed by atoms with Crippen molar-refractivity contribution >= 4 is 11.5 Å². The van der Waals surface area contributed by atoms with Gasteiger partial charge in [-0.2, -0.15) is 4.98 Å². The summed E-state index contributed by atoms with van der Waals surface area (Å²) in [5, 5.41) is 10.7. The number of nitro groups is 1. The average molecular weight is 232 g/mol. The summed E-state index contributed by atoms with van der Waals surface area (Å²) in [6.45, 7) is 0. The largest absolute Gasteiger partial charge is 0.417 e. The van der Waals surface area contributed by atoms with E-state index in [1.807, 2.05) is 0 Å². The Kier molecular flexibility index (Phi) is 2.82. The zero-order valence-corrected chi connectivity index (χ0v) is 8.61. The van der Waals surface area contributed by atoms with Gasteiger partial charge in [0, 0.05) is 12.3 Å². The van der Waals surface area contributed by atoms with Crippen LogP contribution in [-0.4, -0.2) is 14.9 Å². The summed E-state index contributed by atoms with van der Waals surface area (Å²) < 4.78 is 5.21. The third kappa shape index (κ3) is 2.46. The van der Waals surface area contributed by atoms with Gasteiger partial charge in [0.1, 0.15) is 5.82 Å². The van der Waals surface area contributed by atoms with E-state index in [1.165, 1.54) is 24.4 Å². The first-order valence-corrected chi connectivity index (χ1v) is 4.66. The van der Waals surface area contributed by atoms with E-state index in [4.69, 9.17) is 10.5 Å². The number of nitro benzene ring substituents is 1. The van der Waals surface area contributed by atoms with Gasteiger partial charge < -0.3 is 10.5 Å². The monoisotopic (exact) mass is 232 g/mol. The predicted octanol–water partition coefficient (Wildman–Crippen LogP) is 1.76. The van der Waals surface area contributed by atoms with Gasteiger partial charge in [0.25, 0.3) is 0 Å². The van der Waals surface area contributed by atoms with Crippen molar-refractivity contribution in [1.29, 1.82) is 0 Å². The van der Waals surface area contributed by atoms with E-state index in [1.54, 1.807) is 12.1 Å². The van der Waals surface area contributed by atoms with Crippen molar-refractivity contribution in [2.24, 2.45) is 0 Å². The minimum atomic E-state index is -0.540. The van der Waals surface area contributed by atoms with Crippen LogP contribution in [0.25, 0.3) is 0 Å². The third-order valence-corrected chi connectivity index (χ3v) is 1.92. The number of nitrogens with zero attached hydrogens (tertiary/aromatic N) is 3. The van der Waals surface area contributed by atoms with E-state index in [0.717, 1.165) is 0 Å². The molecular formula is C10H8N4O3. The van der Waals surface area contributed by atoms with Gasteiger partial charge in [0.15, 0.2) is 0 Å². The second-order valence-corrected chi connectivity index (χ2v) is 3.09. The Hall–Kier alpha value is -2.70. The number of hydrogen-bond acceptors (Lipinski definition) is 6. The quantitative estimate of drug-likeness (QED) is 0.638. The molecule has 0 radical (unpaired) electrons. The number of para-hydroxylation sites is 2. The van der Waals surface area contributed by atoms with E-state index in [9.17, 15) is 10.1 Å². The molecule has 0 spiro atoms. The first-order chi connectivity index (χ1) is 8.16. The molecule has 0 aliphatic carbocycles. The van der Waals surface area contributed by atoms with Crippen LogP contribution in [-0.2, 0) is 0 Å². The van der Waals surface area contributed by atoms with Gasteiger partial charge in [-0.25, -0.2) is 4.98 Å². The van der Waals surface area contributed by atoms with Crippen molar-refractivity contribution in [1.82, 2.24) is 9.97 Å². The van der Waals surface area contributed by atoms with Crippen molar-refractivity contribution in [3.63, 3.8) is 0 Å². The highest BCUT2D eigenvalue weighted by Crippen LogP contribution is 2.29. The summed E-state index contributed by atoms with van der Waals surface area (Å²) >= 11 is 0. The Morgan fingerprint density at radius 2 is 2.06 bits per heavy atom. The zero-order valence-electron chi connectivity index (χ0n) is 8.61. The smallest absolute Gasteiger partial charge is 0.324 e. The predicted molar refractivity (Wildman–Crippen MR) is 59.6 cm³/mol. The molecule has 0 aliphatic heterocycles. The Bertz CT molecular complexity index is 559. The van der Waals surface area contributed by atoms with Gasteiger partial charge in [-0.15, -0.1) is 0 Å². The number of hydrogen-bond donors (Lipinski definition) is 1. The lowest BCUT2D eigenvalue weighted by Gasteiger charge is -2.03. The van der Waals surface area contributed by atoms with Crippen LogP contribution < -0.4 is 10.5 Å². The number of ether oxygens (including phenoxy) is 1. The van der Waals surface area contributed by atoms with E-state index in [0.29, 0.717) is 0 Å². The molecule has 0 aliphatic rings. The summed E-state index contributed by atoms with van der Waals surface area (Å²) in [5.41, 5.74) is 5.29. The van der Waals surface area contributed by atoms with Crippen molar-refractivity contribution in [2.45, 2.75) is 0 Å². The molecule has 0 saturated carbocycles. The molecule has 7 heteroatoms. The summed E-state index contributed by atoms with van der Waals surface area (Å²) in [4.78, 5) is 17.8. The summed E-state index contributed by atoms with van der Waals surface area (Å²) in [6, 6.07) is 7.43. The molecule has 2 aromatic rings. The lowest BCUT2D eigenvalue weighted by molar-refractivity contribution is -0.385. The van der Waals surface area contributed by atoms with E-state index in [-0.39, 0.29) is 23.3 Å². The SMILES string of the molecule is Nc1ccnc(Oc2ccccc2[N+](=O)[O-])n1. The normalized spacial score (nSPS) is 9.88. The topological polar surface area (TPSA) is 104 Å². The highest BCUT2D eigenvalue weighted by molar-refractivity contribution is 5.47. The molecule has 7 nitrogen and oxygen atoms in total. The van der Waals surface area contributed by atoms with Crippen LogP contribution in [0.2, 0.25) is 0 Å². The number of nitrogen functional groups attached to an aromatic ring is 1. The molecule has 0 bridgehead atoms. The minimum absolute atomic E-state index is 0.0284. The van der Waals surface area contributed by atoms with E-state index < -0.39 is 4.92 Å². The maximum atomic E-state index is 10.7. The van der Waals surface area contributed by atoms with Crippen LogP contribution in [0, 0.1) is 10.1 Å². The average Bonchev–Trinajstić information content (AvgIpc) is 2.29. The van der Waals surface area contributed by atoms with Crippen LogP contribution in [0.4, 0.5) is 11.5 Å². The van der Waals surface area contributed by atoms with Crippen LogP contribution in [0.5, 0.6) is 11.8 Å². The third-order valence-electron chi connectivity index (χ3n) is 1.92. The maximum Gasteiger partial charge on any atom is 0.324 e. The van der Waals surface area contributed by atoms with Gasteiger partial charge >= 0.3 is 11.7 Å². The standard InChI is InChI=1S/C10H8N4O3/c11-9-5-6-12-10(13-9)17-8-4-2-1-3-7(8)14(15)16/h1-6H,(H2,11,12,13). The molecule has 0 fully saturated rings. The van der Waals surface area contributed by atoms with Crippen LogP contribution >= 0.6 is 0 Å². The summed E-state index contributed by atoms with van der Waals surface area (Å²) in [5.74, 6) is 0.302. The Morgan fingerprint density at radius 1 is 1.29 bits per heavy atom. The highest BCUT2D eigenvalue weighted by Gasteiger charge is 2.15.